The van der Waals surface area contributed by atoms with E-state index in [1.165, 1.54) is 5.56 Å². The van der Waals surface area contributed by atoms with Crippen LogP contribution in [0.25, 0.3) is 5.95 Å². The molecule has 0 aliphatic carbocycles. The summed E-state index contributed by atoms with van der Waals surface area (Å²) in [5, 5.41) is 10.3. The third kappa shape index (κ3) is 2.75. The van der Waals surface area contributed by atoms with Crippen LogP contribution < -0.4 is 10.6 Å². The molecule has 0 fully saturated rings. The number of hydrogen-bond acceptors (Lipinski definition) is 7. The maximum absolute atomic E-state index is 4.38. The molecule has 8 heteroatoms. The van der Waals surface area contributed by atoms with Gasteiger partial charge in [-0.1, -0.05) is 0 Å². The highest BCUT2D eigenvalue weighted by molar-refractivity contribution is 7.07. The van der Waals surface area contributed by atoms with Gasteiger partial charge in [0, 0.05) is 26.0 Å². The molecule has 102 valence electrons. The second-order valence-corrected chi connectivity index (χ2v) is 4.77. The molecule has 0 aliphatic heterocycles. The van der Waals surface area contributed by atoms with Gasteiger partial charge in [0.2, 0.25) is 17.8 Å². The Morgan fingerprint density at radius 3 is 2.85 bits per heavy atom. The first-order valence-electron chi connectivity index (χ1n) is 6.02. The molecular weight excluding hydrogens is 274 g/mol. The molecular formula is C12H13N7S. The normalized spacial score (nSPS) is 10.4. The first-order chi connectivity index (χ1) is 9.85. The Morgan fingerprint density at radius 2 is 2.15 bits per heavy atom. The fraction of sp³-hybridized carbons (Fsp3) is 0.167. The summed E-state index contributed by atoms with van der Waals surface area (Å²) in [6, 6.07) is 2.06. The van der Waals surface area contributed by atoms with Crippen molar-refractivity contribution < 1.29 is 0 Å². The fourth-order valence-corrected chi connectivity index (χ4v) is 2.29. The molecule has 0 spiro atoms. The van der Waals surface area contributed by atoms with Crippen molar-refractivity contribution in [2.75, 3.05) is 17.7 Å². The Labute approximate surface area is 119 Å². The van der Waals surface area contributed by atoms with Crippen LogP contribution in [-0.4, -0.2) is 31.6 Å². The molecule has 7 nitrogen and oxygen atoms in total. The molecule has 0 unspecified atom stereocenters. The van der Waals surface area contributed by atoms with E-state index >= 15 is 0 Å². The smallest absolute Gasteiger partial charge is 0.241 e. The zero-order chi connectivity index (χ0) is 13.8. The van der Waals surface area contributed by atoms with Crippen LogP contribution in [0.1, 0.15) is 5.56 Å². The second kappa shape index (κ2) is 5.66. The average Bonchev–Trinajstić information content (AvgIpc) is 3.17. The highest BCUT2D eigenvalue weighted by Crippen LogP contribution is 2.11. The molecule has 20 heavy (non-hydrogen) atoms. The van der Waals surface area contributed by atoms with E-state index in [4.69, 9.17) is 0 Å². The third-order valence-corrected chi connectivity index (χ3v) is 3.35. The molecule has 2 N–H and O–H groups in total. The van der Waals surface area contributed by atoms with E-state index < -0.39 is 0 Å². The number of aromatic nitrogens is 5. The van der Waals surface area contributed by atoms with Crippen LogP contribution in [0, 0.1) is 0 Å². The predicted octanol–water partition coefficient (Wildman–Crippen LogP) is 1.77. The van der Waals surface area contributed by atoms with Gasteiger partial charge in [0.15, 0.2) is 0 Å². The van der Waals surface area contributed by atoms with Crippen molar-refractivity contribution in [2.24, 2.45) is 0 Å². The molecule has 3 heterocycles. The molecule has 3 aromatic heterocycles. The van der Waals surface area contributed by atoms with Gasteiger partial charge < -0.3 is 10.6 Å². The Bertz CT molecular complexity index is 663. The molecule has 0 amide bonds. The summed E-state index contributed by atoms with van der Waals surface area (Å²) in [7, 11) is 1.77. The van der Waals surface area contributed by atoms with Crippen molar-refractivity contribution in [2.45, 2.75) is 6.54 Å². The lowest BCUT2D eigenvalue weighted by atomic mass is 10.3. The molecule has 0 radical (unpaired) electrons. The van der Waals surface area contributed by atoms with Crippen LogP contribution in [0.15, 0.2) is 35.5 Å². The lowest BCUT2D eigenvalue weighted by molar-refractivity contribution is 0.891. The highest BCUT2D eigenvalue weighted by atomic mass is 32.1. The standard InChI is InChI=1S/C12H13N7S/c1-13-10-16-11(15-6-9-2-5-20-7-9)18-12(17-10)19-4-3-14-8-19/h2-5,7-8H,6H2,1H3,(H2,13,15,16,17,18). The number of nitrogens with zero attached hydrogens (tertiary/aromatic N) is 5. The van der Waals surface area contributed by atoms with E-state index in [-0.39, 0.29) is 0 Å². The molecule has 0 saturated carbocycles. The number of imidazole rings is 1. The van der Waals surface area contributed by atoms with Gasteiger partial charge in [-0.15, -0.1) is 0 Å². The average molecular weight is 287 g/mol. The minimum Gasteiger partial charge on any atom is -0.357 e. The summed E-state index contributed by atoms with van der Waals surface area (Å²) < 4.78 is 1.73. The summed E-state index contributed by atoms with van der Waals surface area (Å²) in [6.45, 7) is 0.681. The summed E-state index contributed by atoms with van der Waals surface area (Å²) in [4.78, 5) is 16.9. The van der Waals surface area contributed by atoms with Gasteiger partial charge in [0.1, 0.15) is 6.33 Å². The quantitative estimate of drug-likeness (QED) is 0.744. The van der Waals surface area contributed by atoms with Crippen molar-refractivity contribution in [3.8, 4) is 5.95 Å². The van der Waals surface area contributed by atoms with E-state index in [1.807, 2.05) is 5.38 Å². The van der Waals surface area contributed by atoms with Crippen molar-refractivity contribution in [3.63, 3.8) is 0 Å². The minimum absolute atomic E-state index is 0.511. The minimum atomic E-state index is 0.511. The van der Waals surface area contributed by atoms with Gasteiger partial charge in [-0.3, -0.25) is 4.57 Å². The molecule has 3 rings (SSSR count). The number of nitrogens with one attached hydrogen (secondary N) is 2. The summed E-state index contributed by atoms with van der Waals surface area (Å²) in [5.74, 6) is 1.56. The van der Waals surface area contributed by atoms with Gasteiger partial charge in [-0.05, 0) is 22.4 Å². The van der Waals surface area contributed by atoms with Crippen LogP contribution in [0.2, 0.25) is 0 Å². The summed E-state index contributed by atoms with van der Waals surface area (Å²) in [6.07, 6.45) is 5.12. The molecule has 0 aliphatic rings. The SMILES string of the molecule is CNc1nc(NCc2ccsc2)nc(-n2ccnc2)n1. The van der Waals surface area contributed by atoms with E-state index in [1.54, 1.807) is 41.7 Å². The van der Waals surface area contributed by atoms with Crippen LogP contribution in [0.5, 0.6) is 0 Å². The molecule has 0 bridgehead atoms. The van der Waals surface area contributed by atoms with Crippen LogP contribution >= 0.6 is 11.3 Å². The first-order valence-corrected chi connectivity index (χ1v) is 6.96. The highest BCUT2D eigenvalue weighted by Gasteiger charge is 2.07. The maximum Gasteiger partial charge on any atom is 0.241 e. The Hall–Kier alpha value is -2.48. The van der Waals surface area contributed by atoms with Crippen molar-refractivity contribution >= 4 is 23.2 Å². The van der Waals surface area contributed by atoms with Gasteiger partial charge in [0.05, 0.1) is 0 Å². The number of anilines is 2. The van der Waals surface area contributed by atoms with Gasteiger partial charge >= 0.3 is 0 Å². The number of rotatable bonds is 5. The second-order valence-electron chi connectivity index (χ2n) is 3.99. The lowest BCUT2D eigenvalue weighted by Crippen LogP contribution is -2.10. The maximum atomic E-state index is 4.38. The largest absolute Gasteiger partial charge is 0.357 e. The Morgan fingerprint density at radius 1 is 1.25 bits per heavy atom. The van der Waals surface area contributed by atoms with Crippen LogP contribution in [-0.2, 0) is 6.54 Å². The van der Waals surface area contributed by atoms with E-state index in [9.17, 15) is 0 Å². The topological polar surface area (TPSA) is 80.5 Å². The van der Waals surface area contributed by atoms with Gasteiger partial charge in [0.25, 0.3) is 0 Å². The van der Waals surface area contributed by atoms with E-state index in [2.05, 4.69) is 42.0 Å². The third-order valence-electron chi connectivity index (χ3n) is 2.61. The van der Waals surface area contributed by atoms with Crippen LogP contribution in [0.3, 0.4) is 0 Å². The summed E-state index contributed by atoms with van der Waals surface area (Å²) in [5.41, 5.74) is 1.20. The molecule has 0 aromatic carbocycles. The monoisotopic (exact) mass is 287 g/mol. The van der Waals surface area contributed by atoms with E-state index in [0.29, 0.717) is 24.4 Å². The molecule has 0 saturated heterocycles. The van der Waals surface area contributed by atoms with E-state index in [0.717, 1.165) is 0 Å². The van der Waals surface area contributed by atoms with Crippen molar-refractivity contribution in [1.29, 1.82) is 0 Å². The number of hydrogen-bond donors (Lipinski definition) is 2. The Kier molecular flexibility index (Phi) is 3.55. The lowest BCUT2D eigenvalue weighted by Gasteiger charge is -2.08. The first kappa shape index (κ1) is 12.5. The van der Waals surface area contributed by atoms with Gasteiger partial charge in [-0.25, -0.2) is 4.98 Å². The molecule has 3 aromatic rings. The summed E-state index contributed by atoms with van der Waals surface area (Å²) >= 11 is 1.67. The number of thiophene rings is 1. The van der Waals surface area contributed by atoms with Crippen molar-refractivity contribution in [1.82, 2.24) is 24.5 Å². The van der Waals surface area contributed by atoms with Crippen LogP contribution in [0.4, 0.5) is 11.9 Å². The van der Waals surface area contributed by atoms with Crippen molar-refractivity contribution in [3.05, 3.63) is 41.1 Å². The zero-order valence-electron chi connectivity index (χ0n) is 10.8. The van der Waals surface area contributed by atoms with Gasteiger partial charge in [-0.2, -0.15) is 26.3 Å². The zero-order valence-corrected chi connectivity index (χ0v) is 11.6. The fourth-order valence-electron chi connectivity index (χ4n) is 1.62. The molecule has 0 atom stereocenters. The Balaban J connectivity index is 1.84. The predicted molar refractivity (Wildman–Crippen MR) is 78.1 cm³/mol.